The Bertz CT molecular complexity index is 373. The first kappa shape index (κ1) is 15.2. The molecule has 4 nitrogen and oxygen atoms in total. The highest BCUT2D eigenvalue weighted by atomic mass is 16.5. The Kier molecular flexibility index (Phi) is 5.82. The largest absolute Gasteiger partial charge is 0.385 e. The lowest BCUT2D eigenvalue weighted by Crippen LogP contribution is -2.35. The van der Waals surface area contributed by atoms with Gasteiger partial charge in [0, 0.05) is 32.5 Å². The van der Waals surface area contributed by atoms with Gasteiger partial charge in [-0.15, -0.1) is 0 Å². The summed E-state index contributed by atoms with van der Waals surface area (Å²) in [7, 11) is 5.81. The predicted molar refractivity (Wildman–Crippen MR) is 74.9 cm³/mol. The Morgan fingerprint density at radius 2 is 2.06 bits per heavy atom. The fourth-order valence-electron chi connectivity index (χ4n) is 2.43. The summed E-state index contributed by atoms with van der Waals surface area (Å²) in [5.74, 6) is 0.592. The zero-order valence-electron chi connectivity index (χ0n) is 12.6. The van der Waals surface area contributed by atoms with Crippen molar-refractivity contribution in [1.29, 1.82) is 0 Å². The molecule has 0 saturated carbocycles. The minimum Gasteiger partial charge on any atom is -0.385 e. The molecule has 0 amide bonds. The summed E-state index contributed by atoms with van der Waals surface area (Å²) in [6.45, 7) is 7.34. The van der Waals surface area contributed by atoms with Gasteiger partial charge in [0.2, 0.25) is 0 Å². The Labute approximate surface area is 111 Å². The molecule has 2 unspecified atom stereocenters. The molecule has 0 fully saturated rings. The van der Waals surface area contributed by atoms with Crippen LogP contribution >= 0.6 is 0 Å². The van der Waals surface area contributed by atoms with Crippen LogP contribution in [0.1, 0.15) is 30.3 Å². The fraction of sp³-hybridized carbons (Fsp3) is 0.786. The van der Waals surface area contributed by atoms with Crippen LogP contribution in [0.4, 0.5) is 0 Å². The number of nitrogens with zero attached hydrogens (tertiary/aromatic N) is 2. The van der Waals surface area contributed by atoms with E-state index in [1.165, 1.54) is 11.3 Å². The van der Waals surface area contributed by atoms with Gasteiger partial charge in [-0.05, 0) is 45.2 Å². The molecular weight excluding hydrogens is 226 g/mol. The Morgan fingerprint density at radius 3 is 2.50 bits per heavy atom. The Balaban J connectivity index is 2.73. The second-order valence-electron chi connectivity index (χ2n) is 5.13. The Hall–Kier alpha value is -0.870. The van der Waals surface area contributed by atoms with Gasteiger partial charge in [0.15, 0.2) is 0 Å². The van der Waals surface area contributed by atoms with Gasteiger partial charge in [-0.2, -0.15) is 5.10 Å². The monoisotopic (exact) mass is 253 g/mol. The second-order valence-corrected chi connectivity index (χ2v) is 5.13. The molecule has 0 saturated heterocycles. The van der Waals surface area contributed by atoms with Crippen molar-refractivity contribution in [2.75, 3.05) is 20.8 Å². The standard InChI is InChI=1S/C14H27N3O/c1-10(7-8-18-6)14(15-4)9-13-11(2)16-17(5)12(13)3/h10,14-15H,7-9H2,1-6H3. The first-order valence-electron chi connectivity index (χ1n) is 6.66. The maximum Gasteiger partial charge on any atom is 0.0628 e. The van der Waals surface area contributed by atoms with Crippen LogP contribution in [0.5, 0.6) is 0 Å². The average molecular weight is 253 g/mol. The number of aryl methyl sites for hydroxylation is 2. The first-order chi connectivity index (χ1) is 8.51. The quantitative estimate of drug-likeness (QED) is 0.806. The van der Waals surface area contributed by atoms with E-state index in [2.05, 4.69) is 31.2 Å². The molecule has 0 bridgehead atoms. The molecule has 1 aromatic heterocycles. The first-order valence-corrected chi connectivity index (χ1v) is 6.66. The molecule has 0 spiro atoms. The van der Waals surface area contributed by atoms with Crippen LogP contribution < -0.4 is 5.32 Å². The van der Waals surface area contributed by atoms with E-state index in [1.807, 2.05) is 18.8 Å². The molecule has 0 aliphatic rings. The maximum absolute atomic E-state index is 5.16. The van der Waals surface area contributed by atoms with E-state index in [0.29, 0.717) is 12.0 Å². The van der Waals surface area contributed by atoms with Crippen molar-refractivity contribution in [2.24, 2.45) is 13.0 Å². The fourth-order valence-corrected chi connectivity index (χ4v) is 2.43. The van der Waals surface area contributed by atoms with Gasteiger partial charge in [0.25, 0.3) is 0 Å². The van der Waals surface area contributed by atoms with E-state index in [1.54, 1.807) is 7.11 Å². The van der Waals surface area contributed by atoms with E-state index in [-0.39, 0.29) is 0 Å². The SMILES string of the molecule is CNC(Cc1c(C)nn(C)c1C)C(C)CCOC. The molecule has 2 atom stereocenters. The number of hydrogen-bond acceptors (Lipinski definition) is 3. The Morgan fingerprint density at radius 1 is 1.39 bits per heavy atom. The summed E-state index contributed by atoms with van der Waals surface area (Å²) in [5, 5.41) is 7.91. The second kappa shape index (κ2) is 6.90. The number of nitrogens with one attached hydrogen (secondary N) is 1. The third kappa shape index (κ3) is 3.56. The lowest BCUT2D eigenvalue weighted by molar-refractivity contribution is 0.171. The normalized spacial score (nSPS) is 14.8. The molecule has 0 aliphatic carbocycles. The van der Waals surface area contributed by atoms with Crippen molar-refractivity contribution in [2.45, 2.75) is 39.7 Å². The van der Waals surface area contributed by atoms with Gasteiger partial charge in [0.05, 0.1) is 5.69 Å². The van der Waals surface area contributed by atoms with Crippen LogP contribution in [0.3, 0.4) is 0 Å². The maximum atomic E-state index is 5.16. The summed E-state index contributed by atoms with van der Waals surface area (Å²) >= 11 is 0. The number of likely N-dealkylation sites (N-methyl/N-ethyl adjacent to an activating group) is 1. The van der Waals surface area contributed by atoms with Crippen molar-refractivity contribution < 1.29 is 4.74 Å². The minimum atomic E-state index is 0.474. The van der Waals surface area contributed by atoms with Crippen molar-refractivity contribution >= 4 is 0 Å². The van der Waals surface area contributed by atoms with E-state index in [9.17, 15) is 0 Å². The van der Waals surface area contributed by atoms with Gasteiger partial charge in [-0.1, -0.05) is 6.92 Å². The van der Waals surface area contributed by atoms with Crippen LogP contribution in [0.25, 0.3) is 0 Å². The van der Waals surface area contributed by atoms with Crippen molar-refractivity contribution in [3.8, 4) is 0 Å². The zero-order valence-corrected chi connectivity index (χ0v) is 12.6. The third-order valence-corrected chi connectivity index (χ3v) is 3.92. The summed E-state index contributed by atoms with van der Waals surface area (Å²) < 4.78 is 7.13. The zero-order chi connectivity index (χ0) is 13.7. The molecule has 0 aliphatic heterocycles. The molecule has 0 aromatic carbocycles. The van der Waals surface area contributed by atoms with Gasteiger partial charge in [0.1, 0.15) is 0 Å². The molecular formula is C14H27N3O. The molecule has 1 aromatic rings. The highest BCUT2D eigenvalue weighted by molar-refractivity contribution is 5.25. The van der Waals surface area contributed by atoms with E-state index >= 15 is 0 Å². The number of methoxy groups -OCH3 is 1. The van der Waals surface area contributed by atoms with Crippen molar-refractivity contribution in [1.82, 2.24) is 15.1 Å². The van der Waals surface area contributed by atoms with Gasteiger partial charge >= 0.3 is 0 Å². The van der Waals surface area contributed by atoms with Gasteiger partial charge in [-0.25, -0.2) is 0 Å². The molecule has 1 rings (SSSR count). The summed E-state index contributed by atoms with van der Waals surface area (Å²) in [6, 6.07) is 0.474. The summed E-state index contributed by atoms with van der Waals surface area (Å²) in [6.07, 6.45) is 2.12. The molecule has 1 heterocycles. The van der Waals surface area contributed by atoms with Crippen LogP contribution in [-0.2, 0) is 18.2 Å². The highest BCUT2D eigenvalue weighted by Crippen LogP contribution is 2.19. The number of rotatable bonds is 7. The topological polar surface area (TPSA) is 39.1 Å². The van der Waals surface area contributed by atoms with Crippen molar-refractivity contribution in [3.05, 3.63) is 17.0 Å². The summed E-state index contributed by atoms with van der Waals surface area (Å²) in [4.78, 5) is 0. The van der Waals surface area contributed by atoms with Gasteiger partial charge in [-0.3, -0.25) is 4.68 Å². The predicted octanol–water partition coefficient (Wildman–Crippen LogP) is 1.84. The molecule has 1 N–H and O–H groups in total. The molecule has 0 radical (unpaired) electrons. The van der Waals surface area contributed by atoms with Crippen LogP contribution in [0, 0.1) is 19.8 Å². The van der Waals surface area contributed by atoms with E-state index in [4.69, 9.17) is 4.74 Å². The molecule has 18 heavy (non-hydrogen) atoms. The smallest absolute Gasteiger partial charge is 0.0628 e. The number of aromatic nitrogens is 2. The number of hydrogen-bond donors (Lipinski definition) is 1. The highest BCUT2D eigenvalue weighted by Gasteiger charge is 2.19. The lowest BCUT2D eigenvalue weighted by Gasteiger charge is -2.23. The van der Waals surface area contributed by atoms with Crippen LogP contribution in [-0.4, -0.2) is 36.6 Å². The molecule has 4 heteroatoms. The molecule has 104 valence electrons. The third-order valence-electron chi connectivity index (χ3n) is 3.92. The minimum absolute atomic E-state index is 0.474. The number of ether oxygens (including phenoxy) is 1. The van der Waals surface area contributed by atoms with Crippen LogP contribution in [0.15, 0.2) is 0 Å². The van der Waals surface area contributed by atoms with E-state index < -0.39 is 0 Å². The van der Waals surface area contributed by atoms with Crippen LogP contribution in [0.2, 0.25) is 0 Å². The lowest BCUT2D eigenvalue weighted by atomic mass is 9.92. The van der Waals surface area contributed by atoms with E-state index in [0.717, 1.165) is 25.1 Å². The van der Waals surface area contributed by atoms with Crippen molar-refractivity contribution in [3.63, 3.8) is 0 Å². The average Bonchev–Trinajstić information content (AvgIpc) is 2.58. The summed E-state index contributed by atoms with van der Waals surface area (Å²) in [5.41, 5.74) is 3.79. The van der Waals surface area contributed by atoms with Gasteiger partial charge < -0.3 is 10.1 Å².